The molecule has 1 amide bonds. The number of tetrazole rings is 1. The van der Waals surface area contributed by atoms with Crippen LogP contribution in [0, 0.1) is 0 Å². The lowest BCUT2D eigenvalue weighted by Crippen LogP contribution is -2.24. The minimum Gasteiger partial charge on any atom is -0.465 e. The fourth-order valence-electron chi connectivity index (χ4n) is 2.18. The molecule has 0 atom stereocenters. The Morgan fingerprint density at radius 1 is 1.15 bits per heavy atom. The second kappa shape index (κ2) is 8.48. The molecule has 1 heterocycles. The lowest BCUT2D eigenvalue weighted by molar-refractivity contribution is -0.122. The Morgan fingerprint density at radius 3 is 2.59 bits per heavy atom. The summed E-state index contributed by atoms with van der Waals surface area (Å²) in [5.74, 6) is -0.367. The second-order valence-corrected chi connectivity index (χ2v) is 5.42. The van der Waals surface area contributed by atoms with Crippen LogP contribution in [0.15, 0.2) is 59.7 Å². The molecule has 3 aromatic rings. The van der Waals surface area contributed by atoms with Gasteiger partial charge in [-0.05, 0) is 22.9 Å². The molecule has 0 spiro atoms. The van der Waals surface area contributed by atoms with Crippen LogP contribution < -0.4 is 5.43 Å². The van der Waals surface area contributed by atoms with Crippen LogP contribution in [0.5, 0.6) is 0 Å². The molecule has 27 heavy (non-hydrogen) atoms. The number of carbonyl (C=O) groups excluding carboxylic acids is 2. The van der Waals surface area contributed by atoms with E-state index in [1.165, 1.54) is 18.1 Å². The Bertz CT molecular complexity index is 951. The Kier molecular flexibility index (Phi) is 5.63. The van der Waals surface area contributed by atoms with Crippen molar-refractivity contribution in [2.75, 3.05) is 7.11 Å². The van der Waals surface area contributed by atoms with Gasteiger partial charge in [0.05, 0.1) is 18.9 Å². The van der Waals surface area contributed by atoms with Crippen molar-refractivity contribution < 1.29 is 14.3 Å². The summed E-state index contributed by atoms with van der Waals surface area (Å²) in [6.07, 6.45) is 1.46. The summed E-state index contributed by atoms with van der Waals surface area (Å²) in [5.41, 5.74) is 4.36. The Balaban J connectivity index is 1.53. The Hall–Kier alpha value is -3.88. The zero-order valence-corrected chi connectivity index (χ0v) is 14.4. The van der Waals surface area contributed by atoms with Gasteiger partial charge in [-0.2, -0.15) is 9.90 Å². The Morgan fingerprint density at radius 2 is 1.89 bits per heavy atom. The molecule has 0 aliphatic carbocycles. The van der Waals surface area contributed by atoms with Gasteiger partial charge in [0.25, 0.3) is 5.91 Å². The first-order chi connectivity index (χ1) is 13.2. The molecule has 0 aliphatic heterocycles. The minimum absolute atomic E-state index is 0.113. The zero-order valence-electron chi connectivity index (χ0n) is 14.4. The maximum atomic E-state index is 11.9. The number of aromatic nitrogens is 4. The van der Waals surface area contributed by atoms with Crippen LogP contribution in [0.4, 0.5) is 0 Å². The van der Waals surface area contributed by atoms with Gasteiger partial charge in [-0.3, -0.25) is 4.79 Å². The molecule has 0 saturated carbocycles. The third kappa shape index (κ3) is 4.82. The number of amides is 1. The summed E-state index contributed by atoms with van der Waals surface area (Å²) in [4.78, 5) is 24.5. The Labute approximate surface area is 154 Å². The molecule has 0 saturated heterocycles. The topological polar surface area (TPSA) is 111 Å². The van der Waals surface area contributed by atoms with Crippen LogP contribution in [-0.2, 0) is 16.1 Å². The van der Waals surface area contributed by atoms with Crippen LogP contribution in [-0.4, -0.2) is 45.4 Å². The number of carbonyl (C=O) groups is 2. The highest BCUT2D eigenvalue weighted by Crippen LogP contribution is 2.11. The maximum absolute atomic E-state index is 11.9. The van der Waals surface area contributed by atoms with E-state index in [0.717, 1.165) is 5.56 Å². The predicted molar refractivity (Wildman–Crippen MR) is 96.8 cm³/mol. The third-order valence-corrected chi connectivity index (χ3v) is 3.50. The van der Waals surface area contributed by atoms with E-state index in [1.807, 2.05) is 30.3 Å². The molecule has 1 N–H and O–H groups in total. The summed E-state index contributed by atoms with van der Waals surface area (Å²) in [5, 5.41) is 15.8. The molecule has 9 nitrogen and oxygen atoms in total. The van der Waals surface area contributed by atoms with Gasteiger partial charge in [-0.1, -0.05) is 42.5 Å². The van der Waals surface area contributed by atoms with Crippen molar-refractivity contribution in [3.8, 4) is 11.4 Å². The highest BCUT2D eigenvalue weighted by molar-refractivity contribution is 5.90. The van der Waals surface area contributed by atoms with Crippen molar-refractivity contribution in [3.63, 3.8) is 0 Å². The van der Waals surface area contributed by atoms with E-state index in [2.05, 4.69) is 30.7 Å². The zero-order chi connectivity index (χ0) is 19.1. The van der Waals surface area contributed by atoms with E-state index >= 15 is 0 Å². The second-order valence-electron chi connectivity index (χ2n) is 5.42. The van der Waals surface area contributed by atoms with Gasteiger partial charge in [0.15, 0.2) is 0 Å². The summed E-state index contributed by atoms with van der Waals surface area (Å²) in [6, 6.07) is 15.9. The van der Waals surface area contributed by atoms with Crippen LogP contribution in [0.25, 0.3) is 11.4 Å². The van der Waals surface area contributed by atoms with E-state index < -0.39 is 11.9 Å². The van der Waals surface area contributed by atoms with Gasteiger partial charge in [0.2, 0.25) is 5.82 Å². The van der Waals surface area contributed by atoms with Gasteiger partial charge in [-0.25, -0.2) is 10.2 Å². The van der Waals surface area contributed by atoms with Crippen molar-refractivity contribution >= 4 is 18.1 Å². The number of methoxy groups -OCH3 is 1. The molecule has 0 aliphatic rings. The van der Waals surface area contributed by atoms with Gasteiger partial charge in [-0.15, -0.1) is 10.2 Å². The van der Waals surface area contributed by atoms with Gasteiger partial charge in [0.1, 0.15) is 6.54 Å². The van der Waals surface area contributed by atoms with Crippen LogP contribution in [0.3, 0.4) is 0 Å². The quantitative estimate of drug-likeness (QED) is 0.401. The number of hydrazone groups is 1. The summed E-state index contributed by atoms with van der Waals surface area (Å²) >= 11 is 0. The van der Waals surface area contributed by atoms with E-state index in [0.29, 0.717) is 17.0 Å². The van der Waals surface area contributed by atoms with Crippen LogP contribution in [0.1, 0.15) is 15.9 Å². The number of hydrogen-bond donors (Lipinski definition) is 1. The normalized spacial score (nSPS) is 10.7. The van der Waals surface area contributed by atoms with Crippen molar-refractivity contribution in [3.05, 3.63) is 65.7 Å². The number of ether oxygens (including phenoxy) is 1. The van der Waals surface area contributed by atoms with Gasteiger partial charge in [0, 0.05) is 5.56 Å². The van der Waals surface area contributed by atoms with Gasteiger partial charge >= 0.3 is 5.97 Å². The SMILES string of the molecule is COC(=O)c1ccc(C=NNC(=O)Cn2nnc(-c3ccccc3)n2)cc1. The first-order valence-corrected chi connectivity index (χ1v) is 7.99. The fraction of sp³-hybridized carbons (Fsp3) is 0.111. The third-order valence-electron chi connectivity index (χ3n) is 3.50. The monoisotopic (exact) mass is 364 g/mol. The molecule has 9 heteroatoms. The van der Waals surface area contributed by atoms with Crippen molar-refractivity contribution in [2.45, 2.75) is 6.54 Å². The molecule has 0 bridgehead atoms. The van der Waals surface area contributed by atoms with E-state index in [-0.39, 0.29) is 6.54 Å². The van der Waals surface area contributed by atoms with Crippen LogP contribution >= 0.6 is 0 Å². The van der Waals surface area contributed by atoms with E-state index in [4.69, 9.17) is 0 Å². The standard InChI is InChI=1S/C18H16N6O3/c1-27-18(26)15-9-7-13(8-10-15)11-19-20-16(25)12-24-22-17(21-23-24)14-5-3-2-4-6-14/h2-11H,12H2,1H3,(H,20,25). The van der Waals surface area contributed by atoms with E-state index in [1.54, 1.807) is 24.3 Å². The fourth-order valence-corrected chi connectivity index (χ4v) is 2.18. The number of benzene rings is 2. The first kappa shape index (κ1) is 17.9. The highest BCUT2D eigenvalue weighted by atomic mass is 16.5. The molecular weight excluding hydrogens is 348 g/mol. The number of esters is 1. The highest BCUT2D eigenvalue weighted by Gasteiger charge is 2.08. The van der Waals surface area contributed by atoms with Crippen molar-refractivity contribution in [2.24, 2.45) is 5.10 Å². The van der Waals surface area contributed by atoms with Crippen molar-refractivity contribution in [1.29, 1.82) is 0 Å². The van der Waals surface area contributed by atoms with Crippen molar-refractivity contribution in [1.82, 2.24) is 25.6 Å². The molecule has 1 aromatic heterocycles. The smallest absolute Gasteiger partial charge is 0.337 e. The number of nitrogens with one attached hydrogen (secondary N) is 1. The van der Waals surface area contributed by atoms with E-state index in [9.17, 15) is 9.59 Å². The molecule has 0 fully saturated rings. The number of rotatable bonds is 6. The van der Waals surface area contributed by atoms with Gasteiger partial charge < -0.3 is 4.74 Å². The maximum Gasteiger partial charge on any atom is 0.337 e. The lowest BCUT2D eigenvalue weighted by Gasteiger charge is -2.00. The molecular formula is C18H16N6O3. The summed E-state index contributed by atoms with van der Waals surface area (Å²) in [7, 11) is 1.32. The minimum atomic E-state index is -0.415. The molecule has 2 aromatic carbocycles. The lowest BCUT2D eigenvalue weighted by atomic mass is 10.1. The summed E-state index contributed by atoms with van der Waals surface area (Å²) < 4.78 is 4.63. The average molecular weight is 364 g/mol. The number of hydrogen-bond acceptors (Lipinski definition) is 7. The predicted octanol–water partition coefficient (Wildman–Crippen LogP) is 1.28. The molecule has 0 radical (unpaired) electrons. The number of nitrogens with zero attached hydrogens (tertiary/aromatic N) is 5. The molecule has 0 unspecified atom stereocenters. The molecule has 3 rings (SSSR count). The first-order valence-electron chi connectivity index (χ1n) is 7.99. The average Bonchev–Trinajstić information content (AvgIpc) is 3.17. The summed E-state index contributed by atoms with van der Waals surface area (Å²) in [6.45, 7) is -0.113. The van der Waals surface area contributed by atoms with Crippen LogP contribution in [0.2, 0.25) is 0 Å². The molecule has 136 valence electrons. The largest absolute Gasteiger partial charge is 0.465 e.